The largest absolute Gasteiger partial charge is 0.480 e. The van der Waals surface area contributed by atoms with Crippen LogP contribution in [0.5, 0.6) is 0 Å². The number of carbonyl (C=O) groups is 4. The number of hydrogen-bond donors (Lipinski definition) is 2. The lowest BCUT2D eigenvalue weighted by molar-refractivity contribution is -0.179. The van der Waals surface area contributed by atoms with Gasteiger partial charge in [-0.05, 0) is 24.8 Å². The summed E-state index contributed by atoms with van der Waals surface area (Å²) in [7, 11) is 1.43. The molecule has 0 saturated heterocycles. The molecule has 0 heterocycles. The summed E-state index contributed by atoms with van der Waals surface area (Å²) in [5, 5.41) is 13.4. The Morgan fingerprint density at radius 1 is 1.09 bits per heavy atom. The molecule has 0 aliphatic rings. The Balaban J connectivity index is 2.67. The van der Waals surface area contributed by atoms with E-state index in [0.29, 0.717) is 19.4 Å². The summed E-state index contributed by atoms with van der Waals surface area (Å²) >= 11 is 0. The van der Waals surface area contributed by atoms with Crippen molar-refractivity contribution in [1.82, 2.24) is 15.3 Å². The third-order valence-electron chi connectivity index (χ3n) is 5.53. The van der Waals surface area contributed by atoms with Crippen LogP contribution in [-0.4, -0.2) is 72.2 Å². The average molecular weight is 494 g/mol. The van der Waals surface area contributed by atoms with Crippen LogP contribution in [0.15, 0.2) is 30.3 Å². The maximum atomic E-state index is 13.2. The van der Waals surface area contributed by atoms with E-state index in [1.54, 1.807) is 0 Å². The molecule has 0 spiro atoms. The average Bonchev–Trinajstić information content (AvgIpc) is 2.86. The summed E-state index contributed by atoms with van der Waals surface area (Å²) in [6.07, 6.45) is 3.66. The second kappa shape index (κ2) is 17.3. The number of carboxylic acids is 1. The fourth-order valence-electron chi connectivity index (χ4n) is 3.42. The molecule has 2 atom stereocenters. The van der Waals surface area contributed by atoms with Crippen molar-refractivity contribution >= 4 is 24.4 Å². The second-order valence-electron chi connectivity index (χ2n) is 8.31. The van der Waals surface area contributed by atoms with E-state index in [1.807, 2.05) is 44.2 Å². The Kier molecular flexibility index (Phi) is 14.8. The molecule has 0 radical (unpaired) electrons. The van der Waals surface area contributed by atoms with E-state index in [0.717, 1.165) is 36.3 Å². The van der Waals surface area contributed by atoms with Gasteiger partial charge in [-0.1, -0.05) is 63.4 Å². The molecule has 1 aromatic carbocycles. The van der Waals surface area contributed by atoms with Crippen molar-refractivity contribution in [2.24, 2.45) is 5.92 Å². The molecule has 0 aromatic heterocycles. The van der Waals surface area contributed by atoms with E-state index in [-0.39, 0.29) is 32.0 Å². The first-order chi connectivity index (χ1) is 16.8. The van der Waals surface area contributed by atoms with Crippen LogP contribution in [0.4, 0.5) is 4.79 Å². The molecule has 10 nitrogen and oxygen atoms in total. The molecule has 1 rings (SSSR count). The van der Waals surface area contributed by atoms with Crippen LogP contribution in [0.1, 0.15) is 57.9 Å². The first-order valence-electron chi connectivity index (χ1n) is 12.1. The molecule has 2 N–H and O–H groups in total. The smallest absolute Gasteiger partial charge is 0.407 e. The standard InChI is InChI=1S/C25H39N3O7/c1-4-6-13-21(17-28(19-29)35-16-7-5-2)23(30)27(3)22(24(31)32)14-15-26-25(33)34-18-20-11-9-8-10-12-20/h8-12,19,21-22H,4-7,13-18H2,1-3H3,(H,26,33)(H,31,32)/t21-,22+/m1/s1. The minimum Gasteiger partial charge on any atom is -0.480 e. The minimum absolute atomic E-state index is 0.00288. The van der Waals surface area contributed by atoms with Gasteiger partial charge in [0.2, 0.25) is 12.3 Å². The third kappa shape index (κ3) is 11.7. The molecular formula is C25H39N3O7. The first-order valence-corrected chi connectivity index (χ1v) is 12.1. The van der Waals surface area contributed by atoms with Gasteiger partial charge < -0.3 is 20.1 Å². The van der Waals surface area contributed by atoms with Crippen molar-refractivity contribution in [2.45, 2.75) is 65.0 Å². The molecule has 3 amide bonds. The molecule has 0 unspecified atom stereocenters. The highest BCUT2D eigenvalue weighted by molar-refractivity contribution is 5.85. The number of likely N-dealkylation sites (N-methyl/N-ethyl adjacent to an activating group) is 1. The zero-order valence-electron chi connectivity index (χ0n) is 21.0. The number of nitrogens with one attached hydrogen (secondary N) is 1. The Bertz CT molecular complexity index is 776. The van der Waals surface area contributed by atoms with Crippen molar-refractivity contribution in [3.63, 3.8) is 0 Å². The number of carbonyl (C=O) groups excluding carboxylic acids is 3. The lowest BCUT2D eigenvalue weighted by Crippen LogP contribution is -2.48. The summed E-state index contributed by atoms with van der Waals surface area (Å²) in [4.78, 5) is 55.1. The van der Waals surface area contributed by atoms with Gasteiger partial charge in [0.1, 0.15) is 12.6 Å². The fraction of sp³-hybridized carbons (Fsp3) is 0.600. The Morgan fingerprint density at radius 3 is 2.37 bits per heavy atom. The summed E-state index contributed by atoms with van der Waals surface area (Å²) in [6, 6.07) is 8.02. The van der Waals surface area contributed by atoms with E-state index in [9.17, 15) is 24.3 Å². The van der Waals surface area contributed by atoms with Crippen molar-refractivity contribution < 1.29 is 33.9 Å². The number of amides is 3. The van der Waals surface area contributed by atoms with Gasteiger partial charge in [-0.15, -0.1) is 0 Å². The van der Waals surface area contributed by atoms with E-state index in [2.05, 4.69) is 5.32 Å². The second-order valence-corrected chi connectivity index (χ2v) is 8.31. The molecule has 10 heteroatoms. The maximum absolute atomic E-state index is 13.2. The summed E-state index contributed by atoms with van der Waals surface area (Å²) in [6.45, 7) is 4.52. The van der Waals surface area contributed by atoms with Gasteiger partial charge in [0.15, 0.2) is 0 Å². The van der Waals surface area contributed by atoms with Crippen LogP contribution >= 0.6 is 0 Å². The van der Waals surface area contributed by atoms with Crippen LogP contribution < -0.4 is 5.32 Å². The van der Waals surface area contributed by atoms with E-state index in [1.165, 1.54) is 11.9 Å². The summed E-state index contributed by atoms with van der Waals surface area (Å²) in [5.74, 6) is -2.16. The molecular weight excluding hydrogens is 454 g/mol. The van der Waals surface area contributed by atoms with Gasteiger partial charge in [-0.2, -0.15) is 0 Å². The molecule has 0 fully saturated rings. The summed E-state index contributed by atoms with van der Waals surface area (Å²) in [5.41, 5.74) is 0.831. The quantitative estimate of drug-likeness (QED) is 0.183. The minimum atomic E-state index is -1.18. The lowest BCUT2D eigenvalue weighted by Gasteiger charge is -2.30. The molecule has 196 valence electrons. The van der Waals surface area contributed by atoms with Crippen LogP contribution in [0.25, 0.3) is 0 Å². The number of ether oxygens (including phenoxy) is 1. The number of hydrogen-bond acceptors (Lipinski definition) is 6. The molecule has 1 aromatic rings. The zero-order valence-corrected chi connectivity index (χ0v) is 21.0. The van der Waals surface area contributed by atoms with Gasteiger partial charge in [0.05, 0.1) is 19.1 Å². The van der Waals surface area contributed by atoms with Crippen molar-refractivity contribution in [1.29, 1.82) is 0 Å². The number of aliphatic carboxylic acids is 1. The SMILES string of the molecule is CCCCON(C=O)C[C@@H](CCCC)C(=O)N(C)[C@@H](CCNC(=O)OCc1ccccc1)C(=O)O. The number of carboxylic acid groups (broad SMARTS) is 1. The third-order valence-corrected chi connectivity index (χ3v) is 5.53. The number of nitrogens with zero attached hydrogens (tertiary/aromatic N) is 2. The fourth-order valence-corrected chi connectivity index (χ4v) is 3.42. The van der Waals surface area contributed by atoms with Crippen LogP contribution in [0.2, 0.25) is 0 Å². The van der Waals surface area contributed by atoms with Crippen molar-refractivity contribution in [2.75, 3.05) is 26.7 Å². The zero-order chi connectivity index (χ0) is 26.1. The molecule has 0 bridgehead atoms. The van der Waals surface area contributed by atoms with Crippen LogP contribution in [0, 0.1) is 5.92 Å². The Morgan fingerprint density at radius 2 is 1.77 bits per heavy atom. The monoisotopic (exact) mass is 493 g/mol. The number of unbranched alkanes of at least 4 members (excludes halogenated alkanes) is 2. The first kappa shape index (κ1) is 29.9. The normalized spacial score (nSPS) is 12.3. The molecule has 0 saturated carbocycles. The highest BCUT2D eigenvalue weighted by Crippen LogP contribution is 2.16. The molecule has 0 aliphatic heterocycles. The molecule has 35 heavy (non-hydrogen) atoms. The number of rotatable bonds is 18. The van der Waals surface area contributed by atoms with Gasteiger partial charge in [0, 0.05) is 13.6 Å². The van der Waals surface area contributed by atoms with Crippen LogP contribution in [0.3, 0.4) is 0 Å². The predicted molar refractivity (Wildman–Crippen MR) is 130 cm³/mol. The van der Waals surface area contributed by atoms with E-state index in [4.69, 9.17) is 9.57 Å². The van der Waals surface area contributed by atoms with Crippen LogP contribution in [-0.2, 0) is 30.6 Å². The number of benzene rings is 1. The van der Waals surface area contributed by atoms with Gasteiger partial charge >= 0.3 is 12.1 Å². The van der Waals surface area contributed by atoms with Gasteiger partial charge in [-0.25, -0.2) is 14.7 Å². The number of hydroxylamine groups is 2. The highest BCUT2D eigenvalue weighted by Gasteiger charge is 2.32. The Labute approximate surface area is 207 Å². The predicted octanol–water partition coefficient (Wildman–Crippen LogP) is 3.21. The maximum Gasteiger partial charge on any atom is 0.407 e. The van der Waals surface area contributed by atoms with Crippen molar-refractivity contribution in [3.8, 4) is 0 Å². The highest BCUT2D eigenvalue weighted by atomic mass is 16.7. The topological polar surface area (TPSA) is 125 Å². The lowest BCUT2D eigenvalue weighted by atomic mass is 9.99. The summed E-state index contributed by atoms with van der Waals surface area (Å²) < 4.78 is 5.13. The molecule has 0 aliphatic carbocycles. The number of alkyl carbamates (subject to hydrolysis) is 1. The van der Waals surface area contributed by atoms with E-state index < -0.39 is 24.0 Å². The Hall–Kier alpha value is -3.14. The van der Waals surface area contributed by atoms with E-state index >= 15 is 0 Å². The van der Waals surface area contributed by atoms with Crippen molar-refractivity contribution in [3.05, 3.63) is 35.9 Å². The van der Waals surface area contributed by atoms with Gasteiger partial charge in [0.25, 0.3) is 0 Å². The van der Waals surface area contributed by atoms with Gasteiger partial charge in [-0.3, -0.25) is 14.4 Å².